The third-order valence-electron chi connectivity index (χ3n) is 4.22. The first-order valence-electron chi connectivity index (χ1n) is 7.49. The summed E-state index contributed by atoms with van der Waals surface area (Å²) in [6, 6.07) is 9.64. The Morgan fingerprint density at radius 3 is 2.33 bits per heavy atom. The summed E-state index contributed by atoms with van der Waals surface area (Å²) >= 11 is 0. The van der Waals surface area contributed by atoms with E-state index in [4.69, 9.17) is 0 Å². The van der Waals surface area contributed by atoms with Gasteiger partial charge in [0.25, 0.3) is 0 Å². The Balaban J connectivity index is 1.95. The maximum atomic E-state index is 12.3. The van der Waals surface area contributed by atoms with Gasteiger partial charge in [-0.15, -0.1) is 13.2 Å². The molecule has 1 heterocycles. The van der Waals surface area contributed by atoms with E-state index in [0.29, 0.717) is 0 Å². The molecule has 6 heteroatoms. The molecular formula is C18H16F3NO2. The minimum absolute atomic E-state index is 0.105. The Labute approximate surface area is 137 Å². The molecule has 0 fully saturated rings. The van der Waals surface area contributed by atoms with Crippen molar-refractivity contribution < 1.29 is 22.7 Å². The van der Waals surface area contributed by atoms with Crippen LogP contribution in [0.25, 0.3) is 0 Å². The van der Waals surface area contributed by atoms with Crippen molar-refractivity contribution in [1.29, 1.82) is 0 Å². The molecule has 126 valence electrons. The monoisotopic (exact) mass is 335 g/mol. The number of carbonyl (C=O) groups excluding carboxylic acids is 1. The third-order valence-corrected chi connectivity index (χ3v) is 4.22. The van der Waals surface area contributed by atoms with E-state index in [0.717, 1.165) is 27.9 Å². The molecule has 3 nitrogen and oxygen atoms in total. The topological polar surface area (TPSA) is 38.3 Å². The quantitative estimate of drug-likeness (QED) is 0.866. The van der Waals surface area contributed by atoms with Crippen LogP contribution in [0.3, 0.4) is 0 Å². The number of halogens is 3. The number of hydrogen-bond acceptors (Lipinski definition) is 2. The van der Waals surface area contributed by atoms with E-state index >= 15 is 0 Å². The van der Waals surface area contributed by atoms with Crippen LogP contribution in [0.4, 0.5) is 18.9 Å². The van der Waals surface area contributed by atoms with Crippen LogP contribution >= 0.6 is 0 Å². The fourth-order valence-electron chi connectivity index (χ4n) is 2.93. The molecule has 1 atom stereocenters. The zero-order chi connectivity index (χ0) is 17.5. The van der Waals surface area contributed by atoms with E-state index in [9.17, 15) is 18.0 Å². The Hall–Kier alpha value is -2.50. The number of ether oxygens (including phenoxy) is 1. The van der Waals surface area contributed by atoms with Gasteiger partial charge in [0.15, 0.2) is 0 Å². The second-order valence-electron chi connectivity index (χ2n) is 5.95. The maximum Gasteiger partial charge on any atom is 0.573 e. The lowest BCUT2D eigenvalue weighted by Gasteiger charge is -2.27. The fraction of sp³-hybridized carbons (Fsp3) is 0.278. The number of alkyl halides is 3. The summed E-state index contributed by atoms with van der Waals surface area (Å²) in [6.07, 6.45) is -4.46. The second kappa shape index (κ2) is 5.85. The molecule has 24 heavy (non-hydrogen) atoms. The van der Waals surface area contributed by atoms with E-state index in [1.165, 1.54) is 12.1 Å². The molecule has 1 aliphatic rings. The highest BCUT2D eigenvalue weighted by atomic mass is 19.4. The van der Waals surface area contributed by atoms with Gasteiger partial charge in [-0.1, -0.05) is 18.2 Å². The lowest BCUT2D eigenvalue weighted by Crippen LogP contribution is -2.24. The molecule has 0 saturated carbocycles. The normalized spacial score (nSPS) is 17.2. The average Bonchev–Trinajstić information content (AvgIpc) is 2.47. The first-order valence-corrected chi connectivity index (χ1v) is 7.49. The molecule has 0 aromatic heterocycles. The fourth-order valence-corrected chi connectivity index (χ4v) is 2.93. The highest BCUT2D eigenvalue weighted by Crippen LogP contribution is 2.39. The number of carbonyl (C=O) groups is 1. The highest BCUT2D eigenvalue weighted by Gasteiger charge is 2.31. The zero-order valence-corrected chi connectivity index (χ0v) is 13.2. The van der Waals surface area contributed by atoms with Crippen LogP contribution in [0.1, 0.15) is 34.6 Å². The smallest absolute Gasteiger partial charge is 0.406 e. The van der Waals surface area contributed by atoms with Crippen molar-refractivity contribution in [2.24, 2.45) is 0 Å². The zero-order valence-electron chi connectivity index (χ0n) is 13.2. The lowest BCUT2D eigenvalue weighted by molar-refractivity contribution is -0.274. The SMILES string of the molecule is Cc1cc2c(cc1C)[C@H](c1ccc(OC(F)(F)F)cc1)CC(=O)N2. The van der Waals surface area contributed by atoms with Crippen LogP contribution in [-0.2, 0) is 4.79 Å². The molecule has 0 radical (unpaired) electrons. The van der Waals surface area contributed by atoms with Crippen LogP contribution in [0, 0.1) is 13.8 Å². The molecule has 0 aliphatic carbocycles. The summed E-state index contributed by atoms with van der Waals surface area (Å²) in [5, 5.41) is 2.86. The van der Waals surface area contributed by atoms with Crippen LogP contribution in [0.2, 0.25) is 0 Å². The largest absolute Gasteiger partial charge is 0.573 e. The average molecular weight is 335 g/mol. The van der Waals surface area contributed by atoms with Gasteiger partial charge in [0, 0.05) is 18.0 Å². The summed E-state index contributed by atoms with van der Waals surface area (Å²) < 4.78 is 40.6. The van der Waals surface area contributed by atoms with Crippen molar-refractivity contribution in [3.05, 3.63) is 58.7 Å². The maximum absolute atomic E-state index is 12.3. The van der Waals surface area contributed by atoms with Crippen molar-refractivity contribution >= 4 is 11.6 Å². The number of benzene rings is 2. The van der Waals surface area contributed by atoms with Gasteiger partial charge < -0.3 is 10.1 Å². The van der Waals surface area contributed by atoms with Crippen LogP contribution in [0.15, 0.2) is 36.4 Å². The molecule has 3 rings (SSSR count). The van der Waals surface area contributed by atoms with Gasteiger partial charge in [-0.3, -0.25) is 4.79 Å². The van der Waals surface area contributed by atoms with Crippen LogP contribution < -0.4 is 10.1 Å². The molecule has 1 N–H and O–H groups in total. The summed E-state index contributed by atoms with van der Waals surface area (Å²) in [5.74, 6) is -0.564. The number of rotatable bonds is 2. The van der Waals surface area contributed by atoms with Crippen LogP contribution in [0.5, 0.6) is 5.75 Å². The molecule has 2 aromatic carbocycles. The first kappa shape index (κ1) is 16.4. The van der Waals surface area contributed by atoms with Crippen molar-refractivity contribution in [1.82, 2.24) is 0 Å². The van der Waals surface area contributed by atoms with Gasteiger partial charge in [-0.05, 0) is 54.3 Å². The number of anilines is 1. The summed E-state index contributed by atoms with van der Waals surface area (Å²) in [4.78, 5) is 12.0. The van der Waals surface area contributed by atoms with Gasteiger partial charge in [0.05, 0.1) is 0 Å². The number of aryl methyl sites for hydroxylation is 2. The lowest BCUT2D eigenvalue weighted by atomic mass is 9.83. The van der Waals surface area contributed by atoms with Gasteiger partial charge in [-0.2, -0.15) is 0 Å². The van der Waals surface area contributed by atoms with Crippen molar-refractivity contribution in [2.45, 2.75) is 32.5 Å². The van der Waals surface area contributed by atoms with Gasteiger partial charge >= 0.3 is 6.36 Å². The Kier molecular flexibility index (Phi) is 3.99. The predicted octanol–water partition coefficient (Wildman–Crippen LogP) is 4.68. The molecule has 0 bridgehead atoms. The molecule has 1 amide bonds. The molecular weight excluding hydrogens is 319 g/mol. The van der Waals surface area contributed by atoms with Gasteiger partial charge in [0.2, 0.25) is 5.91 Å². The molecule has 0 spiro atoms. The number of hydrogen-bond donors (Lipinski definition) is 1. The summed E-state index contributed by atoms with van der Waals surface area (Å²) in [6.45, 7) is 3.96. The van der Waals surface area contributed by atoms with Gasteiger partial charge in [-0.25, -0.2) is 0 Å². The van der Waals surface area contributed by atoms with E-state index in [1.54, 1.807) is 12.1 Å². The Morgan fingerprint density at radius 2 is 1.71 bits per heavy atom. The standard InChI is InChI=1S/C18H16F3NO2/c1-10-7-15-14(9-17(23)22-16(15)8-11(10)2)12-3-5-13(6-4-12)24-18(19,20)21/h3-8,14H,9H2,1-2H3,(H,22,23)/t14-/m0/s1. The predicted molar refractivity (Wildman–Crippen MR) is 84.1 cm³/mol. The van der Waals surface area contributed by atoms with E-state index in [1.807, 2.05) is 26.0 Å². The number of amides is 1. The van der Waals surface area contributed by atoms with Crippen molar-refractivity contribution in [3.8, 4) is 5.75 Å². The minimum atomic E-state index is -4.71. The van der Waals surface area contributed by atoms with E-state index in [-0.39, 0.29) is 24.0 Å². The first-order chi connectivity index (χ1) is 11.2. The summed E-state index contributed by atoms with van der Waals surface area (Å²) in [7, 11) is 0. The molecule has 1 aliphatic heterocycles. The Morgan fingerprint density at radius 1 is 1.08 bits per heavy atom. The van der Waals surface area contributed by atoms with E-state index < -0.39 is 6.36 Å². The third kappa shape index (κ3) is 3.37. The number of nitrogens with one attached hydrogen (secondary N) is 1. The second-order valence-corrected chi connectivity index (χ2v) is 5.95. The molecule has 0 saturated heterocycles. The molecule has 0 unspecified atom stereocenters. The van der Waals surface area contributed by atoms with Crippen LogP contribution in [-0.4, -0.2) is 12.3 Å². The van der Waals surface area contributed by atoms with Crippen molar-refractivity contribution in [2.75, 3.05) is 5.32 Å². The van der Waals surface area contributed by atoms with E-state index in [2.05, 4.69) is 10.1 Å². The highest BCUT2D eigenvalue weighted by molar-refractivity contribution is 5.95. The van der Waals surface area contributed by atoms with Crippen molar-refractivity contribution in [3.63, 3.8) is 0 Å². The Bertz CT molecular complexity index is 782. The minimum Gasteiger partial charge on any atom is -0.406 e. The van der Waals surface area contributed by atoms with Gasteiger partial charge in [0.1, 0.15) is 5.75 Å². The summed E-state index contributed by atoms with van der Waals surface area (Å²) in [5.41, 5.74) is 4.69. The molecule has 2 aromatic rings. The number of fused-ring (bicyclic) bond motifs is 1.